The van der Waals surface area contributed by atoms with Gasteiger partial charge in [0.25, 0.3) is 0 Å². The van der Waals surface area contributed by atoms with Gasteiger partial charge in [-0.25, -0.2) is 9.67 Å². The molecule has 172 valence electrons. The summed E-state index contributed by atoms with van der Waals surface area (Å²) < 4.78 is 81.9. The molecule has 2 aromatic heterocycles. The largest absolute Gasteiger partial charge is 0.493 e. The van der Waals surface area contributed by atoms with Crippen molar-refractivity contribution in [2.45, 2.75) is 33.2 Å². The fourth-order valence-electron chi connectivity index (χ4n) is 3.18. The van der Waals surface area contributed by atoms with Crippen molar-refractivity contribution in [3.8, 4) is 22.8 Å². The maximum absolute atomic E-state index is 13.9. The smallest absolute Gasteiger partial charge is 0.417 e. The lowest BCUT2D eigenvalue weighted by molar-refractivity contribution is -0.144. The predicted molar refractivity (Wildman–Crippen MR) is 103 cm³/mol. The first kappa shape index (κ1) is 23.2. The lowest BCUT2D eigenvalue weighted by atomic mass is 10.0. The molecule has 0 aliphatic rings. The highest BCUT2D eigenvalue weighted by atomic mass is 19.4. The minimum absolute atomic E-state index is 0.0361. The van der Waals surface area contributed by atoms with E-state index in [1.807, 2.05) is 0 Å². The van der Waals surface area contributed by atoms with Crippen LogP contribution >= 0.6 is 0 Å². The topological polar surface area (TPSA) is 75.5 Å². The Morgan fingerprint density at radius 3 is 2.50 bits per heavy atom. The van der Waals surface area contributed by atoms with E-state index in [1.165, 1.54) is 26.2 Å². The molecule has 0 unspecified atom stereocenters. The summed E-state index contributed by atoms with van der Waals surface area (Å²) in [6.07, 6.45) is -4.75. The monoisotopic (exact) mass is 459 g/mol. The van der Waals surface area contributed by atoms with E-state index in [-0.39, 0.29) is 46.1 Å². The molecule has 32 heavy (non-hydrogen) atoms. The first-order chi connectivity index (χ1) is 15.0. The van der Waals surface area contributed by atoms with Crippen LogP contribution in [0.4, 0.5) is 22.0 Å². The lowest BCUT2D eigenvalue weighted by Gasteiger charge is -2.14. The van der Waals surface area contributed by atoms with Crippen LogP contribution in [0.15, 0.2) is 24.3 Å². The Kier molecular flexibility index (Phi) is 6.51. The second kappa shape index (κ2) is 8.97. The van der Waals surface area contributed by atoms with E-state index >= 15 is 0 Å². The summed E-state index contributed by atoms with van der Waals surface area (Å²) in [7, 11) is 1.20. The van der Waals surface area contributed by atoms with Crippen molar-refractivity contribution in [3.63, 3.8) is 0 Å². The number of benzene rings is 1. The number of carbonyl (C=O) groups is 1. The van der Waals surface area contributed by atoms with Crippen molar-refractivity contribution in [1.82, 2.24) is 14.8 Å². The van der Waals surface area contributed by atoms with Crippen molar-refractivity contribution in [3.05, 3.63) is 35.5 Å². The van der Waals surface area contributed by atoms with Gasteiger partial charge in [0.05, 0.1) is 36.1 Å². The molecule has 7 nitrogen and oxygen atoms in total. The number of carbonyl (C=O) groups excluding carboxylic acids is 1. The first-order valence-corrected chi connectivity index (χ1v) is 9.29. The molecule has 0 bridgehead atoms. The van der Waals surface area contributed by atoms with Gasteiger partial charge in [0, 0.05) is 5.56 Å². The highest BCUT2D eigenvalue weighted by Crippen LogP contribution is 2.39. The van der Waals surface area contributed by atoms with E-state index in [4.69, 9.17) is 9.47 Å². The quantitative estimate of drug-likeness (QED) is 0.380. The zero-order valence-electron chi connectivity index (χ0n) is 17.2. The lowest BCUT2D eigenvalue weighted by Crippen LogP contribution is -2.15. The van der Waals surface area contributed by atoms with Gasteiger partial charge in [-0.2, -0.15) is 27.1 Å². The van der Waals surface area contributed by atoms with Gasteiger partial charge < -0.3 is 14.2 Å². The van der Waals surface area contributed by atoms with Gasteiger partial charge in [-0.15, -0.1) is 0 Å². The molecule has 3 aromatic rings. The highest BCUT2D eigenvalue weighted by Gasteiger charge is 2.36. The van der Waals surface area contributed by atoms with Crippen LogP contribution in [0, 0.1) is 6.92 Å². The van der Waals surface area contributed by atoms with Crippen LogP contribution in [-0.4, -0.2) is 41.1 Å². The molecule has 0 saturated heterocycles. The van der Waals surface area contributed by atoms with E-state index in [0.717, 1.165) is 16.8 Å². The summed E-state index contributed by atoms with van der Waals surface area (Å²) in [6, 6.07) is 4.47. The molecule has 2 heterocycles. The van der Waals surface area contributed by atoms with Gasteiger partial charge in [-0.05, 0) is 38.1 Å². The maximum atomic E-state index is 13.9. The molecule has 12 heteroatoms. The van der Waals surface area contributed by atoms with Gasteiger partial charge >= 0.3 is 18.8 Å². The average molecular weight is 459 g/mol. The van der Waals surface area contributed by atoms with Crippen molar-refractivity contribution in [2.24, 2.45) is 0 Å². The third-order valence-electron chi connectivity index (χ3n) is 4.44. The summed E-state index contributed by atoms with van der Waals surface area (Å²) >= 11 is 0. The molecule has 0 amide bonds. The number of esters is 1. The second-order valence-corrected chi connectivity index (χ2v) is 6.54. The highest BCUT2D eigenvalue weighted by molar-refractivity contribution is 5.87. The molecule has 0 aliphatic heterocycles. The molecule has 0 saturated carbocycles. The fourth-order valence-corrected chi connectivity index (χ4v) is 3.18. The van der Waals surface area contributed by atoms with Crippen molar-refractivity contribution >= 4 is 17.0 Å². The maximum Gasteiger partial charge on any atom is 0.417 e. The van der Waals surface area contributed by atoms with Crippen molar-refractivity contribution in [2.75, 3.05) is 13.7 Å². The Morgan fingerprint density at radius 1 is 1.19 bits per heavy atom. The summed E-state index contributed by atoms with van der Waals surface area (Å²) in [5.41, 5.74) is -1.12. The Morgan fingerprint density at radius 2 is 1.91 bits per heavy atom. The molecule has 0 aliphatic carbocycles. The minimum Gasteiger partial charge on any atom is -0.493 e. The number of hydrogen-bond acceptors (Lipinski definition) is 6. The molecule has 1 aromatic carbocycles. The predicted octanol–water partition coefficient (Wildman–Crippen LogP) is 4.60. The molecule has 0 fully saturated rings. The zero-order valence-corrected chi connectivity index (χ0v) is 17.2. The number of rotatable bonds is 7. The normalized spacial score (nSPS) is 11.8. The average Bonchev–Trinajstić information content (AvgIpc) is 3.02. The van der Waals surface area contributed by atoms with E-state index < -0.39 is 30.9 Å². The number of ether oxygens (including phenoxy) is 3. The minimum atomic E-state index is -4.75. The molecule has 0 spiro atoms. The number of halogens is 5. The SMILES string of the molecule is CCOC(=O)Cn1nc(C)c2c(C(F)(F)F)cc(-c3ccc(OC(F)F)c(OC)c3)nc21. The Labute approximate surface area is 178 Å². The van der Waals surface area contributed by atoms with Crippen LogP contribution in [0.5, 0.6) is 11.5 Å². The Balaban J connectivity index is 2.20. The molecule has 3 rings (SSSR count). The summed E-state index contributed by atoms with van der Waals surface area (Å²) in [4.78, 5) is 16.2. The Hall–Kier alpha value is -3.44. The van der Waals surface area contributed by atoms with Crippen molar-refractivity contribution in [1.29, 1.82) is 0 Å². The van der Waals surface area contributed by atoms with Gasteiger partial charge in [0.1, 0.15) is 6.54 Å². The van der Waals surface area contributed by atoms with Crippen molar-refractivity contribution < 1.29 is 41.0 Å². The van der Waals surface area contributed by atoms with Crippen LogP contribution in [0.1, 0.15) is 18.2 Å². The summed E-state index contributed by atoms with van der Waals surface area (Å²) in [6.45, 7) is -0.481. The molecular weight excluding hydrogens is 441 g/mol. The number of pyridine rings is 1. The number of methoxy groups -OCH3 is 1. The van der Waals surface area contributed by atoms with E-state index in [9.17, 15) is 26.7 Å². The van der Waals surface area contributed by atoms with E-state index in [1.54, 1.807) is 6.92 Å². The van der Waals surface area contributed by atoms with Crippen LogP contribution in [0.2, 0.25) is 0 Å². The zero-order chi connectivity index (χ0) is 23.6. The van der Waals surface area contributed by atoms with Crippen LogP contribution in [-0.2, 0) is 22.3 Å². The van der Waals surface area contributed by atoms with E-state index in [0.29, 0.717) is 0 Å². The number of hydrogen-bond donors (Lipinski definition) is 0. The van der Waals surface area contributed by atoms with Crippen LogP contribution in [0.3, 0.4) is 0 Å². The Bertz CT molecular complexity index is 1140. The molecule has 0 atom stereocenters. The van der Waals surface area contributed by atoms with Crippen LogP contribution in [0.25, 0.3) is 22.3 Å². The number of aromatic nitrogens is 3. The molecule has 0 N–H and O–H groups in total. The number of aryl methyl sites for hydroxylation is 1. The number of alkyl halides is 5. The van der Waals surface area contributed by atoms with Gasteiger partial charge in [0.2, 0.25) is 0 Å². The first-order valence-electron chi connectivity index (χ1n) is 9.29. The fraction of sp³-hybridized carbons (Fsp3) is 0.350. The van der Waals surface area contributed by atoms with Gasteiger partial charge in [-0.3, -0.25) is 4.79 Å². The van der Waals surface area contributed by atoms with Gasteiger partial charge in [0.15, 0.2) is 17.1 Å². The summed E-state index contributed by atoms with van der Waals surface area (Å²) in [5.74, 6) is -1.09. The number of nitrogens with zero attached hydrogens (tertiary/aromatic N) is 3. The third-order valence-corrected chi connectivity index (χ3v) is 4.44. The van der Waals surface area contributed by atoms with Gasteiger partial charge in [-0.1, -0.05) is 0 Å². The summed E-state index contributed by atoms with van der Waals surface area (Å²) in [5, 5.41) is 3.77. The molecule has 0 radical (unpaired) electrons. The number of fused-ring (bicyclic) bond motifs is 1. The standard InChI is InChI=1S/C20H18F5N3O4/c1-4-31-16(29)9-28-18-17(10(2)27-28)12(20(23,24)25)8-13(26-18)11-5-6-14(32-19(21)22)15(7-11)30-3/h5-8,19H,4,9H2,1-3H3. The second-order valence-electron chi connectivity index (χ2n) is 6.54. The molecular formula is C20H18F5N3O4. The van der Waals surface area contributed by atoms with Crippen LogP contribution < -0.4 is 9.47 Å². The third kappa shape index (κ3) is 4.73. The van der Waals surface area contributed by atoms with E-state index in [2.05, 4.69) is 14.8 Å².